The van der Waals surface area contributed by atoms with Gasteiger partial charge in [-0.3, -0.25) is 0 Å². The predicted molar refractivity (Wildman–Crippen MR) is 48.7 cm³/mol. The van der Waals surface area contributed by atoms with E-state index in [0.717, 1.165) is 19.4 Å². The van der Waals surface area contributed by atoms with Gasteiger partial charge in [0.15, 0.2) is 0 Å². The Labute approximate surface area is 69.3 Å². The molecule has 1 unspecified atom stereocenters. The van der Waals surface area contributed by atoms with Crippen LogP contribution in [0, 0.1) is 5.92 Å². The van der Waals surface area contributed by atoms with Crippen LogP contribution in [0.5, 0.6) is 0 Å². The van der Waals surface area contributed by atoms with E-state index >= 15 is 0 Å². The lowest BCUT2D eigenvalue weighted by Crippen LogP contribution is -2.18. The van der Waals surface area contributed by atoms with Crippen molar-refractivity contribution in [1.29, 1.82) is 0 Å². The average Bonchev–Trinajstić information content (AvgIpc) is 2.03. The van der Waals surface area contributed by atoms with Crippen LogP contribution in [0.1, 0.15) is 26.7 Å². The van der Waals surface area contributed by atoms with Crippen LogP contribution in [0.3, 0.4) is 0 Å². The van der Waals surface area contributed by atoms with Gasteiger partial charge in [-0.25, -0.2) is 0 Å². The molecule has 66 valence electrons. The molecule has 0 aliphatic rings. The molecule has 0 amide bonds. The normalized spacial score (nSPS) is 15.0. The number of nitrogens with one attached hydrogen (secondary N) is 1. The summed E-state index contributed by atoms with van der Waals surface area (Å²) in [5.41, 5.74) is 0. The number of rotatable bonds is 5. The smallest absolute Gasteiger partial charge is 0.0883 e. The van der Waals surface area contributed by atoms with Gasteiger partial charge in [0.25, 0.3) is 0 Å². The summed E-state index contributed by atoms with van der Waals surface area (Å²) in [7, 11) is 1.94. The number of allylic oxidation sites excluding steroid dienone is 2. The van der Waals surface area contributed by atoms with Gasteiger partial charge in [-0.2, -0.15) is 0 Å². The summed E-state index contributed by atoms with van der Waals surface area (Å²) in [6.45, 7) is 4.99. The van der Waals surface area contributed by atoms with Crippen molar-refractivity contribution in [2.75, 3.05) is 13.6 Å². The lowest BCUT2D eigenvalue weighted by atomic mass is 10.0. The van der Waals surface area contributed by atoms with Gasteiger partial charge in [-0.1, -0.05) is 13.3 Å². The molecule has 0 aliphatic carbocycles. The summed E-state index contributed by atoms with van der Waals surface area (Å²) in [6, 6.07) is 0. The van der Waals surface area contributed by atoms with Gasteiger partial charge < -0.3 is 10.4 Å². The van der Waals surface area contributed by atoms with Crippen LogP contribution in [0.2, 0.25) is 0 Å². The quantitative estimate of drug-likeness (QED) is 0.599. The molecule has 0 fully saturated rings. The molecule has 11 heavy (non-hydrogen) atoms. The highest BCUT2D eigenvalue weighted by Crippen LogP contribution is 2.11. The fourth-order valence-electron chi connectivity index (χ4n) is 1.06. The van der Waals surface area contributed by atoms with E-state index in [4.69, 9.17) is 0 Å². The first-order valence-electron chi connectivity index (χ1n) is 4.23. The number of hydrogen-bond acceptors (Lipinski definition) is 2. The van der Waals surface area contributed by atoms with E-state index in [2.05, 4.69) is 12.2 Å². The zero-order valence-electron chi connectivity index (χ0n) is 7.72. The van der Waals surface area contributed by atoms with Crippen LogP contribution in [0.25, 0.3) is 0 Å². The van der Waals surface area contributed by atoms with Crippen molar-refractivity contribution >= 4 is 0 Å². The van der Waals surface area contributed by atoms with Crippen LogP contribution in [0.15, 0.2) is 11.8 Å². The predicted octanol–water partition coefficient (Wildman–Crippen LogP) is 2.08. The van der Waals surface area contributed by atoms with Crippen LogP contribution in [0.4, 0.5) is 0 Å². The molecule has 0 saturated heterocycles. The fourth-order valence-corrected chi connectivity index (χ4v) is 1.06. The Morgan fingerprint density at radius 1 is 1.64 bits per heavy atom. The minimum Gasteiger partial charge on any atom is -0.513 e. The molecule has 0 radical (unpaired) electrons. The van der Waals surface area contributed by atoms with Crippen LogP contribution in [-0.2, 0) is 0 Å². The standard InChI is InChI=1S/C9H19NO/c1-4-8(7-10-3)6-9(11)5-2/h5,8,10-11H,4,6-7H2,1-3H3/b9-5-. The zero-order valence-corrected chi connectivity index (χ0v) is 7.72. The van der Waals surface area contributed by atoms with Crippen molar-refractivity contribution in [3.05, 3.63) is 11.8 Å². The second-order valence-corrected chi connectivity index (χ2v) is 2.82. The maximum absolute atomic E-state index is 9.22. The van der Waals surface area contributed by atoms with E-state index in [1.165, 1.54) is 0 Å². The molecule has 0 rings (SSSR count). The SMILES string of the molecule is C/C=C(\O)CC(CC)CNC. The molecule has 0 saturated carbocycles. The molecule has 1 atom stereocenters. The molecule has 0 aromatic carbocycles. The van der Waals surface area contributed by atoms with E-state index in [9.17, 15) is 5.11 Å². The minimum absolute atomic E-state index is 0.507. The maximum Gasteiger partial charge on any atom is 0.0883 e. The number of aliphatic hydroxyl groups is 1. The van der Waals surface area contributed by atoms with Gasteiger partial charge >= 0.3 is 0 Å². The summed E-state index contributed by atoms with van der Waals surface area (Å²) in [4.78, 5) is 0. The second-order valence-electron chi connectivity index (χ2n) is 2.82. The highest BCUT2D eigenvalue weighted by molar-refractivity contribution is 4.89. The average molecular weight is 157 g/mol. The van der Waals surface area contributed by atoms with E-state index in [0.29, 0.717) is 11.7 Å². The van der Waals surface area contributed by atoms with Gasteiger partial charge in [0.2, 0.25) is 0 Å². The molecular formula is C9H19NO. The van der Waals surface area contributed by atoms with E-state index in [-0.39, 0.29) is 0 Å². The Bertz CT molecular complexity index is 121. The molecular weight excluding hydrogens is 138 g/mol. The first kappa shape index (κ1) is 10.5. The zero-order chi connectivity index (χ0) is 8.69. The van der Waals surface area contributed by atoms with E-state index in [1.807, 2.05) is 14.0 Å². The minimum atomic E-state index is 0.507. The van der Waals surface area contributed by atoms with Crippen LogP contribution >= 0.6 is 0 Å². The summed E-state index contributed by atoms with van der Waals surface area (Å²) < 4.78 is 0. The number of aliphatic hydroxyl groups excluding tert-OH is 1. The molecule has 0 aromatic rings. The van der Waals surface area contributed by atoms with Crippen molar-refractivity contribution in [3.63, 3.8) is 0 Å². The first-order valence-corrected chi connectivity index (χ1v) is 4.23. The fraction of sp³-hybridized carbons (Fsp3) is 0.778. The number of hydrogen-bond donors (Lipinski definition) is 2. The van der Waals surface area contributed by atoms with Crippen molar-refractivity contribution in [3.8, 4) is 0 Å². The van der Waals surface area contributed by atoms with Gasteiger partial charge in [0.05, 0.1) is 5.76 Å². The Balaban J connectivity index is 3.68. The lowest BCUT2D eigenvalue weighted by molar-refractivity contribution is 0.340. The Hall–Kier alpha value is -0.500. The molecule has 2 nitrogen and oxygen atoms in total. The third-order valence-electron chi connectivity index (χ3n) is 1.90. The van der Waals surface area contributed by atoms with Crippen molar-refractivity contribution < 1.29 is 5.11 Å². The van der Waals surface area contributed by atoms with Gasteiger partial charge in [0.1, 0.15) is 0 Å². The molecule has 0 heterocycles. The van der Waals surface area contributed by atoms with E-state index in [1.54, 1.807) is 6.08 Å². The summed E-state index contributed by atoms with van der Waals surface area (Å²) >= 11 is 0. The third kappa shape index (κ3) is 4.85. The third-order valence-corrected chi connectivity index (χ3v) is 1.90. The largest absolute Gasteiger partial charge is 0.513 e. The molecule has 0 bridgehead atoms. The Kier molecular flexibility index (Phi) is 5.94. The van der Waals surface area contributed by atoms with Crippen molar-refractivity contribution in [2.24, 2.45) is 5.92 Å². The Morgan fingerprint density at radius 3 is 2.64 bits per heavy atom. The van der Waals surface area contributed by atoms with Crippen molar-refractivity contribution in [1.82, 2.24) is 5.32 Å². The van der Waals surface area contributed by atoms with Crippen LogP contribution in [-0.4, -0.2) is 18.7 Å². The summed E-state index contributed by atoms with van der Waals surface area (Å²) in [6.07, 6.45) is 3.67. The monoisotopic (exact) mass is 157 g/mol. The summed E-state index contributed by atoms with van der Waals surface area (Å²) in [5, 5.41) is 12.3. The molecule has 2 heteroatoms. The first-order chi connectivity index (χ1) is 5.24. The lowest BCUT2D eigenvalue weighted by Gasteiger charge is -2.12. The van der Waals surface area contributed by atoms with Gasteiger partial charge in [-0.15, -0.1) is 0 Å². The van der Waals surface area contributed by atoms with Gasteiger partial charge in [-0.05, 0) is 32.5 Å². The molecule has 0 aliphatic heterocycles. The Morgan fingerprint density at radius 2 is 2.27 bits per heavy atom. The molecule has 0 aromatic heterocycles. The topological polar surface area (TPSA) is 32.3 Å². The molecule has 2 N–H and O–H groups in total. The summed E-state index contributed by atoms with van der Waals surface area (Å²) in [5.74, 6) is 1.07. The highest BCUT2D eigenvalue weighted by atomic mass is 16.3. The molecule has 0 spiro atoms. The van der Waals surface area contributed by atoms with Crippen molar-refractivity contribution in [2.45, 2.75) is 26.7 Å². The van der Waals surface area contributed by atoms with Gasteiger partial charge in [0, 0.05) is 6.42 Å². The van der Waals surface area contributed by atoms with Crippen LogP contribution < -0.4 is 5.32 Å². The second kappa shape index (κ2) is 6.23. The maximum atomic E-state index is 9.22. The van der Waals surface area contributed by atoms with E-state index < -0.39 is 0 Å². The highest BCUT2D eigenvalue weighted by Gasteiger charge is 2.05.